The van der Waals surface area contributed by atoms with Gasteiger partial charge < -0.3 is 15.0 Å². The lowest BCUT2D eigenvalue weighted by molar-refractivity contribution is 0.122. The Bertz CT molecular complexity index is 644. The van der Waals surface area contributed by atoms with Crippen molar-refractivity contribution in [3.05, 3.63) is 40.8 Å². The van der Waals surface area contributed by atoms with E-state index in [0.717, 1.165) is 50.9 Å². The molecule has 6 nitrogen and oxygen atoms in total. The molecule has 1 saturated heterocycles. The molecule has 1 N–H and O–H groups in total. The van der Waals surface area contributed by atoms with E-state index >= 15 is 0 Å². The number of anilines is 1. The molecule has 6 heteroatoms. The number of aryl methyl sites for hydroxylation is 2. The molecule has 0 bridgehead atoms. The Morgan fingerprint density at radius 3 is 2.57 bits per heavy atom. The third-order valence-electron chi connectivity index (χ3n) is 4.43. The summed E-state index contributed by atoms with van der Waals surface area (Å²) in [6.45, 7) is 9.22. The third kappa shape index (κ3) is 3.71. The first-order valence-corrected chi connectivity index (χ1v) is 8.12. The molecule has 1 fully saturated rings. The fourth-order valence-corrected chi connectivity index (χ4v) is 2.91. The highest BCUT2D eigenvalue weighted by atomic mass is 16.5. The first-order valence-electron chi connectivity index (χ1n) is 8.12. The highest BCUT2D eigenvalue weighted by Crippen LogP contribution is 2.14. The number of nitrogens with one attached hydrogen (secondary N) is 1. The van der Waals surface area contributed by atoms with Crippen LogP contribution in [-0.4, -0.2) is 41.1 Å². The van der Waals surface area contributed by atoms with Crippen LogP contribution in [0, 0.1) is 13.8 Å². The summed E-state index contributed by atoms with van der Waals surface area (Å²) in [7, 11) is 1.99. The van der Waals surface area contributed by atoms with Crippen molar-refractivity contribution in [1.29, 1.82) is 0 Å². The van der Waals surface area contributed by atoms with Gasteiger partial charge in [-0.1, -0.05) is 6.07 Å². The number of ether oxygens (including phenoxy) is 1. The predicted octanol–water partition coefficient (Wildman–Crippen LogP) is 1.56. The summed E-state index contributed by atoms with van der Waals surface area (Å²) in [5.41, 5.74) is 4.79. The van der Waals surface area contributed by atoms with Gasteiger partial charge in [-0.3, -0.25) is 4.68 Å². The number of nitrogens with zero attached hydrogens (tertiary/aromatic N) is 4. The van der Waals surface area contributed by atoms with Crippen molar-refractivity contribution >= 4 is 5.82 Å². The smallest absolute Gasteiger partial charge is 0.128 e. The standard InChI is InChI=1S/C17H25N5O/c1-13-16(14(2)21(3)20-13)12-18-10-15-4-5-17(19-11-15)22-6-8-23-9-7-22/h4-5,11,18H,6-10,12H2,1-3H3. The van der Waals surface area contributed by atoms with Crippen LogP contribution in [0.5, 0.6) is 0 Å². The van der Waals surface area contributed by atoms with Crippen LogP contribution in [0.3, 0.4) is 0 Å². The van der Waals surface area contributed by atoms with Gasteiger partial charge >= 0.3 is 0 Å². The Morgan fingerprint density at radius 1 is 1.17 bits per heavy atom. The molecule has 0 amide bonds. The van der Waals surface area contributed by atoms with E-state index in [1.807, 2.05) is 17.9 Å². The highest BCUT2D eigenvalue weighted by Gasteiger charge is 2.12. The Morgan fingerprint density at radius 2 is 1.96 bits per heavy atom. The van der Waals surface area contributed by atoms with E-state index in [2.05, 4.69) is 46.3 Å². The molecule has 0 unspecified atom stereocenters. The maximum Gasteiger partial charge on any atom is 0.128 e. The van der Waals surface area contributed by atoms with Gasteiger partial charge in [0.2, 0.25) is 0 Å². The first kappa shape index (κ1) is 16.0. The van der Waals surface area contributed by atoms with E-state index in [-0.39, 0.29) is 0 Å². The van der Waals surface area contributed by atoms with Crippen molar-refractivity contribution in [2.45, 2.75) is 26.9 Å². The Kier molecular flexibility index (Phi) is 4.93. The molecule has 0 saturated carbocycles. The zero-order valence-electron chi connectivity index (χ0n) is 14.2. The molecule has 0 spiro atoms. The van der Waals surface area contributed by atoms with Gasteiger partial charge in [-0.25, -0.2) is 4.98 Å². The van der Waals surface area contributed by atoms with E-state index in [4.69, 9.17) is 4.74 Å². The lowest BCUT2D eigenvalue weighted by Gasteiger charge is -2.27. The molecule has 0 aliphatic carbocycles. The molecular weight excluding hydrogens is 290 g/mol. The molecule has 0 radical (unpaired) electrons. The van der Waals surface area contributed by atoms with Crippen molar-refractivity contribution in [2.24, 2.45) is 7.05 Å². The van der Waals surface area contributed by atoms with Gasteiger partial charge in [0, 0.05) is 50.7 Å². The summed E-state index contributed by atoms with van der Waals surface area (Å²) in [4.78, 5) is 6.85. The molecule has 1 aliphatic rings. The molecular formula is C17H25N5O. The minimum Gasteiger partial charge on any atom is -0.378 e. The minimum absolute atomic E-state index is 0.787. The van der Waals surface area contributed by atoms with Crippen LogP contribution in [0.15, 0.2) is 18.3 Å². The maximum atomic E-state index is 5.37. The van der Waals surface area contributed by atoms with Gasteiger partial charge in [0.25, 0.3) is 0 Å². The summed E-state index contributed by atoms with van der Waals surface area (Å²) in [6, 6.07) is 4.25. The predicted molar refractivity (Wildman–Crippen MR) is 90.5 cm³/mol. The van der Waals surface area contributed by atoms with E-state index in [1.54, 1.807) is 0 Å². The van der Waals surface area contributed by atoms with Crippen molar-refractivity contribution in [3.8, 4) is 0 Å². The van der Waals surface area contributed by atoms with Crippen molar-refractivity contribution < 1.29 is 4.74 Å². The zero-order valence-corrected chi connectivity index (χ0v) is 14.2. The van der Waals surface area contributed by atoms with E-state index in [9.17, 15) is 0 Å². The Labute approximate surface area is 137 Å². The number of hydrogen-bond donors (Lipinski definition) is 1. The number of hydrogen-bond acceptors (Lipinski definition) is 5. The van der Waals surface area contributed by atoms with Crippen LogP contribution < -0.4 is 10.2 Å². The number of aromatic nitrogens is 3. The van der Waals surface area contributed by atoms with Gasteiger partial charge in [0.1, 0.15) is 5.82 Å². The molecule has 124 valence electrons. The van der Waals surface area contributed by atoms with Gasteiger partial charge in [0.05, 0.1) is 18.9 Å². The van der Waals surface area contributed by atoms with Crippen LogP contribution >= 0.6 is 0 Å². The SMILES string of the molecule is Cc1nn(C)c(C)c1CNCc1ccc(N2CCOCC2)nc1. The topological polar surface area (TPSA) is 55.2 Å². The van der Waals surface area contributed by atoms with E-state index < -0.39 is 0 Å². The van der Waals surface area contributed by atoms with Gasteiger partial charge in [-0.05, 0) is 25.5 Å². The van der Waals surface area contributed by atoms with Crippen molar-refractivity contribution in [3.63, 3.8) is 0 Å². The number of rotatable bonds is 5. The summed E-state index contributed by atoms with van der Waals surface area (Å²) in [5, 5.41) is 7.93. The van der Waals surface area contributed by atoms with Gasteiger partial charge in [0.15, 0.2) is 0 Å². The Balaban J connectivity index is 1.54. The average molecular weight is 315 g/mol. The third-order valence-corrected chi connectivity index (χ3v) is 4.43. The van der Waals surface area contributed by atoms with Crippen molar-refractivity contribution in [1.82, 2.24) is 20.1 Å². The van der Waals surface area contributed by atoms with Crippen LogP contribution in [0.2, 0.25) is 0 Å². The second-order valence-electron chi connectivity index (χ2n) is 6.00. The maximum absolute atomic E-state index is 5.37. The molecule has 3 heterocycles. The average Bonchev–Trinajstić information content (AvgIpc) is 2.82. The van der Waals surface area contributed by atoms with Crippen LogP contribution in [0.25, 0.3) is 0 Å². The lowest BCUT2D eigenvalue weighted by Crippen LogP contribution is -2.36. The number of pyridine rings is 1. The fourth-order valence-electron chi connectivity index (χ4n) is 2.91. The van der Waals surface area contributed by atoms with Crippen molar-refractivity contribution in [2.75, 3.05) is 31.2 Å². The number of morpholine rings is 1. The van der Waals surface area contributed by atoms with Gasteiger partial charge in [-0.2, -0.15) is 5.10 Å². The summed E-state index contributed by atoms with van der Waals surface area (Å²) >= 11 is 0. The molecule has 1 aliphatic heterocycles. The second-order valence-corrected chi connectivity index (χ2v) is 6.00. The first-order chi connectivity index (χ1) is 11.1. The monoisotopic (exact) mass is 315 g/mol. The molecule has 0 atom stereocenters. The van der Waals surface area contributed by atoms with Crippen LogP contribution in [0.4, 0.5) is 5.82 Å². The highest BCUT2D eigenvalue weighted by molar-refractivity contribution is 5.39. The van der Waals surface area contributed by atoms with E-state index in [1.165, 1.54) is 16.8 Å². The molecule has 2 aromatic rings. The summed E-state index contributed by atoms with van der Waals surface area (Å²) < 4.78 is 7.31. The Hall–Kier alpha value is -1.92. The largest absolute Gasteiger partial charge is 0.378 e. The molecule has 0 aromatic carbocycles. The van der Waals surface area contributed by atoms with Gasteiger partial charge in [-0.15, -0.1) is 0 Å². The normalized spacial score (nSPS) is 15.2. The zero-order chi connectivity index (χ0) is 16.2. The fraction of sp³-hybridized carbons (Fsp3) is 0.529. The molecule has 23 heavy (non-hydrogen) atoms. The minimum atomic E-state index is 0.787. The molecule has 2 aromatic heterocycles. The summed E-state index contributed by atoms with van der Waals surface area (Å²) in [6.07, 6.45) is 1.96. The lowest BCUT2D eigenvalue weighted by atomic mass is 10.2. The summed E-state index contributed by atoms with van der Waals surface area (Å²) in [5.74, 6) is 1.04. The van der Waals surface area contributed by atoms with E-state index in [0.29, 0.717) is 0 Å². The van der Waals surface area contributed by atoms with Crippen LogP contribution in [0.1, 0.15) is 22.5 Å². The quantitative estimate of drug-likeness (QED) is 0.907. The van der Waals surface area contributed by atoms with Crippen LogP contribution in [-0.2, 0) is 24.9 Å². The molecule has 3 rings (SSSR count). The second kappa shape index (κ2) is 7.10.